The molecule has 2 aromatic rings. The third-order valence-electron chi connectivity index (χ3n) is 4.57. The van der Waals surface area contributed by atoms with Gasteiger partial charge in [0, 0.05) is 31.9 Å². The molecule has 4 nitrogen and oxygen atoms in total. The summed E-state index contributed by atoms with van der Waals surface area (Å²) in [6.45, 7) is 3.11. The molecule has 132 valence electrons. The molecule has 0 aliphatic carbocycles. The van der Waals surface area contributed by atoms with Crippen molar-refractivity contribution in [3.05, 3.63) is 66.0 Å². The van der Waals surface area contributed by atoms with Crippen LogP contribution in [0.2, 0.25) is 0 Å². The molecule has 0 aromatic heterocycles. The van der Waals surface area contributed by atoms with Gasteiger partial charge in [0.2, 0.25) is 0 Å². The first kappa shape index (κ1) is 17.3. The Labute approximate surface area is 148 Å². The predicted octanol–water partition coefficient (Wildman–Crippen LogP) is 3.19. The first-order valence-corrected chi connectivity index (χ1v) is 8.77. The minimum atomic E-state index is -0.215. The van der Waals surface area contributed by atoms with Crippen LogP contribution in [0.5, 0.6) is 0 Å². The van der Waals surface area contributed by atoms with Gasteiger partial charge in [0.1, 0.15) is 5.82 Å². The predicted molar refractivity (Wildman–Crippen MR) is 98.3 cm³/mol. The van der Waals surface area contributed by atoms with E-state index in [0.717, 1.165) is 31.6 Å². The second-order valence-corrected chi connectivity index (χ2v) is 6.45. The highest BCUT2D eigenvalue weighted by Gasteiger charge is 2.23. The van der Waals surface area contributed by atoms with E-state index in [-0.39, 0.29) is 11.8 Å². The smallest absolute Gasteiger partial charge is 0.314 e. The summed E-state index contributed by atoms with van der Waals surface area (Å²) in [6.07, 6.45) is 1.86. The molecule has 3 rings (SSSR count). The van der Waals surface area contributed by atoms with Gasteiger partial charge in [0.25, 0.3) is 0 Å². The van der Waals surface area contributed by atoms with Crippen molar-refractivity contribution in [1.29, 1.82) is 0 Å². The minimum Gasteiger partial charge on any atom is -0.371 e. The number of amides is 2. The Hall–Kier alpha value is -2.56. The number of carbonyl (C=O) groups is 1. The maximum atomic E-state index is 13.0. The van der Waals surface area contributed by atoms with Crippen LogP contribution >= 0.6 is 0 Å². The van der Waals surface area contributed by atoms with Gasteiger partial charge < -0.3 is 15.5 Å². The van der Waals surface area contributed by atoms with Crippen molar-refractivity contribution in [3.8, 4) is 0 Å². The summed E-state index contributed by atoms with van der Waals surface area (Å²) in [4.78, 5) is 14.1. The molecule has 1 saturated heterocycles. The maximum Gasteiger partial charge on any atom is 0.314 e. The minimum absolute atomic E-state index is 0.115. The molecular formula is C20H24FN3O. The van der Waals surface area contributed by atoms with E-state index in [9.17, 15) is 9.18 Å². The maximum absolute atomic E-state index is 13.0. The van der Waals surface area contributed by atoms with Gasteiger partial charge in [-0.15, -0.1) is 0 Å². The molecule has 0 radical (unpaired) electrons. The van der Waals surface area contributed by atoms with Gasteiger partial charge in [-0.25, -0.2) is 9.18 Å². The summed E-state index contributed by atoms with van der Waals surface area (Å²) in [5.74, 6) is 0.207. The number of anilines is 1. The third-order valence-corrected chi connectivity index (χ3v) is 4.57. The fraction of sp³-hybridized carbons (Fsp3) is 0.350. The van der Waals surface area contributed by atoms with E-state index in [1.165, 1.54) is 17.7 Å². The van der Waals surface area contributed by atoms with Crippen LogP contribution in [-0.2, 0) is 6.42 Å². The Morgan fingerprint density at radius 3 is 2.60 bits per heavy atom. The first-order chi connectivity index (χ1) is 12.2. The lowest BCUT2D eigenvalue weighted by Gasteiger charge is -2.19. The van der Waals surface area contributed by atoms with Crippen LogP contribution in [0.3, 0.4) is 0 Å². The molecule has 0 spiro atoms. The van der Waals surface area contributed by atoms with Crippen LogP contribution in [0.15, 0.2) is 54.6 Å². The van der Waals surface area contributed by atoms with E-state index in [1.54, 1.807) is 12.1 Å². The number of benzene rings is 2. The van der Waals surface area contributed by atoms with Gasteiger partial charge in [0.15, 0.2) is 0 Å². The molecule has 1 heterocycles. The summed E-state index contributed by atoms with van der Waals surface area (Å²) in [5, 5.41) is 5.85. The van der Waals surface area contributed by atoms with Crippen LogP contribution in [-0.4, -0.2) is 32.2 Å². The molecule has 0 bridgehead atoms. The Kier molecular flexibility index (Phi) is 5.88. The van der Waals surface area contributed by atoms with E-state index in [0.29, 0.717) is 19.0 Å². The van der Waals surface area contributed by atoms with E-state index in [1.807, 2.05) is 18.2 Å². The highest BCUT2D eigenvalue weighted by Crippen LogP contribution is 2.23. The number of urea groups is 1. The number of hydrogen-bond donors (Lipinski definition) is 2. The van der Waals surface area contributed by atoms with Gasteiger partial charge >= 0.3 is 6.03 Å². The highest BCUT2D eigenvalue weighted by atomic mass is 19.1. The van der Waals surface area contributed by atoms with Crippen molar-refractivity contribution >= 4 is 11.7 Å². The fourth-order valence-electron chi connectivity index (χ4n) is 3.15. The van der Waals surface area contributed by atoms with Gasteiger partial charge in [-0.05, 0) is 48.6 Å². The zero-order valence-electron chi connectivity index (χ0n) is 14.2. The van der Waals surface area contributed by atoms with Crippen molar-refractivity contribution in [1.82, 2.24) is 10.6 Å². The van der Waals surface area contributed by atoms with Gasteiger partial charge in [0.05, 0.1) is 0 Å². The van der Waals surface area contributed by atoms with E-state index in [2.05, 4.69) is 27.7 Å². The zero-order valence-corrected chi connectivity index (χ0v) is 14.2. The largest absolute Gasteiger partial charge is 0.371 e. The molecule has 1 atom stereocenters. The number of rotatable bonds is 6. The number of hydrogen-bond acceptors (Lipinski definition) is 2. The average Bonchev–Trinajstić information content (AvgIpc) is 3.10. The van der Waals surface area contributed by atoms with Gasteiger partial charge in [-0.3, -0.25) is 0 Å². The summed E-state index contributed by atoms with van der Waals surface area (Å²) in [6, 6.07) is 16.6. The first-order valence-electron chi connectivity index (χ1n) is 8.77. The Balaban J connectivity index is 1.34. The highest BCUT2D eigenvalue weighted by molar-refractivity contribution is 5.73. The SMILES string of the molecule is O=C(NCCc1ccccc1)NC[C@H]1CCN(c2ccc(F)cc2)C1. The van der Waals surface area contributed by atoms with Gasteiger partial charge in [-0.1, -0.05) is 30.3 Å². The third kappa shape index (κ3) is 5.21. The number of nitrogens with zero attached hydrogens (tertiary/aromatic N) is 1. The standard InChI is InChI=1S/C20H24FN3O/c21-18-6-8-19(9-7-18)24-13-11-17(15-24)14-23-20(25)22-12-10-16-4-2-1-3-5-16/h1-9,17H,10-15H2,(H2,22,23,25)/t17-/m1/s1. The van der Waals surface area contributed by atoms with Crippen molar-refractivity contribution in [2.24, 2.45) is 5.92 Å². The number of carbonyl (C=O) groups excluding carboxylic acids is 1. The molecule has 1 aliphatic rings. The lowest BCUT2D eigenvalue weighted by molar-refractivity contribution is 0.239. The molecule has 2 aromatic carbocycles. The van der Waals surface area contributed by atoms with Crippen molar-refractivity contribution < 1.29 is 9.18 Å². The van der Waals surface area contributed by atoms with Crippen molar-refractivity contribution in [2.75, 3.05) is 31.1 Å². The molecule has 1 fully saturated rings. The summed E-state index contributed by atoms with van der Waals surface area (Å²) < 4.78 is 13.0. The van der Waals surface area contributed by atoms with Crippen LogP contribution in [0.4, 0.5) is 14.9 Å². The second-order valence-electron chi connectivity index (χ2n) is 6.45. The Morgan fingerprint density at radius 1 is 1.08 bits per heavy atom. The topological polar surface area (TPSA) is 44.4 Å². The van der Waals surface area contributed by atoms with Crippen LogP contribution in [0.1, 0.15) is 12.0 Å². The monoisotopic (exact) mass is 341 g/mol. The molecular weight excluding hydrogens is 317 g/mol. The van der Waals surface area contributed by atoms with Crippen LogP contribution < -0.4 is 15.5 Å². The molecule has 2 N–H and O–H groups in total. The van der Waals surface area contributed by atoms with E-state index < -0.39 is 0 Å². The fourth-order valence-corrected chi connectivity index (χ4v) is 3.15. The molecule has 25 heavy (non-hydrogen) atoms. The summed E-state index contributed by atoms with van der Waals surface area (Å²) in [5.41, 5.74) is 2.25. The Morgan fingerprint density at radius 2 is 1.84 bits per heavy atom. The summed E-state index contributed by atoms with van der Waals surface area (Å²) >= 11 is 0. The average molecular weight is 341 g/mol. The lowest BCUT2D eigenvalue weighted by Crippen LogP contribution is -2.39. The van der Waals surface area contributed by atoms with E-state index in [4.69, 9.17) is 0 Å². The van der Waals surface area contributed by atoms with Crippen molar-refractivity contribution in [2.45, 2.75) is 12.8 Å². The van der Waals surface area contributed by atoms with Crippen molar-refractivity contribution in [3.63, 3.8) is 0 Å². The molecule has 5 heteroatoms. The normalized spacial score (nSPS) is 16.7. The molecule has 0 saturated carbocycles. The van der Waals surface area contributed by atoms with Crippen LogP contribution in [0.25, 0.3) is 0 Å². The van der Waals surface area contributed by atoms with Crippen LogP contribution in [0, 0.1) is 11.7 Å². The van der Waals surface area contributed by atoms with Gasteiger partial charge in [-0.2, -0.15) is 0 Å². The second kappa shape index (κ2) is 8.51. The molecule has 1 aliphatic heterocycles. The molecule has 2 amide bonds. The van der Waals surface area contributed by atoms with E-state index >= 15 is 0 Å². The lowest BCUT2D eigenvalue weighted by atomic mass is 10.1. The molecule has 0 unspecified atom stereocenters. The zero-order chi connectivity index (χ0) is 17.5. The quantitative estimate of drug-likeness (QED) is 0.847. The number of halogens is 1. The number of nitrogens with one attached hydrogen (secondary N) is 2. The summed E-state index contributed by atoms with van der Waals surface area (Å²) in [7, 11) is 0. The Bertz CT molecular complexity index is 675.